The number of halogens is 3. The van der Waals surface area contributed by atoms with E-state index in [4.69, 9.17) is 4.74 Å². The number of nitrogens with zero attached hydrogens (tertiary/aromatic N) is 3. The lowest BCUT2D eigenvalue weighted by Crippen LogP contribution is -2.38. The molecule has 2 heterocycles. The molecule has 0 radical (unpaired) electrons. The fourth-order valence-electron chi connectivity index (χ4n) is 4.32. The van der Waals surface area contributed by atoms with Crippen LogP contribution >= 0.6 is 0 Å². The number of H-pyrrole nitrogens is 1. The van der Waals surface area contributed by atoms with Gasteiger partial charge in [0.05, 0.1) is 23.5 Å². The van der Waals surface area contributed by atoms with E-state index in [2.05, 4.69) is 10.2 Å². The number of hydrogen-bond donors (Lipinski definition) is 1. The molecule has 0 aliphatic carbocycles. The normalized spacial score (nSPS) is 16.5. The number of nitrogens with one attached hydrogen (secondary N) is 1. The van der Waals surface area contributed by atoms with Crippen LogP contribution in [0.3, 0.4) is 0 Å². The van der Waals surface area contributed by atoms with Gasteiger partial charge in [0.25, 0.3) is 5.91 Å². The van der Waals surface area contributed by atoms with Gasteiger partial charge in [-0.05, 0) is 69.3 Å². The zero-order valence-electron chi connectivity index (χ0n) is 19.8. The number of benzene rings is 2. The molecule has 1 amide bonds. The van der Waals surface area contributed by atoms with Gasteiger partial charge >= 0.3 is 6.18 Å². The Hall–Kier alpha value is -3.33. The van der Waals surface area contributed by atoms with E-state index in [9.17, 15) is 18.0 Å². The average molecular weight is 487 g/mol. The van der Waals surface area contributed by atoms with Crippen LogP contribution in [0.25, 0.3) is 11.1 Å². The van der Waals surface area contributed by atoms with E-state index in [-0.39, 0.29) is 11.9 Å². The third-order valence-corrected chi connectivity index (χ3v) is 6.18. The summed E-state index contributed by atoms with van der Waals surface area (Å²) in [5.74, 6) is 0.527. The molecule has 0 unspecified atom stereocenters. The molecule has 1 aliphatic rings. The highest BCUT2D eigenvalue weighted by Crippen LogP contribution is 2.38. The summed E-state index contributed by atoms with van der Waals surface area (Å²) in [6.07, 6.45) is -0.233. The highest BCUT2D eigenvalue weighted by atomic mass is 19.4. The maximum absolute atomic E-state index is 13.5. The van der Waals surface area contributed by atoms with Gasteiger partial charge in [-0.2, -0.15) is 18.3 Å². The summed E-state index contributed by atoms with van der Waals surface area (Å²) in [6, 6.07) is 11.9. The molecule has 3 aromatic rings. The van der Waals surface area contributed by atoms with E-state index in [1.54, 1.807) is 24.4 Å². The number of hydrogen-bond acceptors (Lipinski definition) is 4. The molecule has 1 fully saturated rings. The lowest BCUT2D eigenvalue weighted by atomic mass is 9.93. The topological polar surface area (TPSA) is 61.5 Å². The maximum Gasteiger partial charge on any atom is 0.416 e. The van der Waals surface area contributed by atoms with Gasteiger partial charge in [-0.3, -0.25) is 9.89 Å². The van der Waals surface area contributed by atoms with Crippen LogP contribution in [0.1, 0.15) is 46.9 Å². The van der Waals surface area contributed by atoms with Crippen molar-refractivity contribution in [2.24, 2.45) is 0 Å². The number of carbonyl (C=O) groups is 1. The number of carbonyl (C=O) groups excluding carboxylic acids is 1. The number of aromatic nitrogens is 2. The van der Waals surface area contributed by atoms with E-state index in [0.717, 1.165) is 43.6 Å². The first-order chi connectivity index (χ1) is 16.7. The largest absolute Gasteiger partial charge is 0.492 e. The lowest BCUT2D eigenvalue weighted by molar-refractivity contribution is -0.137. The van der Waals surface area contributed by atoms with E-state index < -0.39 is 11.7 Å². The second-order valence-electron chi connectivity index (χ2n) is 8.96. The molecule has 1 atom stereocenters. The Balaban J connectivity index is 1.57. The Morgan fingerprint density at radius 2 is 1.94 bits per heavy atom. The zero-order chi connectivity index (χ0) is 25.0. The molecule has 2 aromatic carbocycles. The fourth-order valence-corrected chi connectivity index (χ4v) is 4.32. The Labute approximate surface area is 202 Å². The Morgan fingerprint density at radius 1 is 1.17 bits per heavy atom. The van der Waals surface area contributed by atoms with Crippen LogP contribution in [0.5, 0.6) is 5.75 Å². The summed E-state index contributed by atoms with van der Waals surface area (Å²) in [7, 11) is 3.93. The van der Waals surface area contributed by atoms with Crippen LogP contribution in [0.15, 0.2) is 54.7 Å². The van der Waals surface area contributed by atoms with Crippen molar-refractivity contribution in [3.05, 3.63) is 71.5 Å². The van der Waals surface area contributed by atoms with Crippen LogP contribution in [0, 0.1) is 0 Å². The Morgan fingerprint density at radius 3 is 2.66 bits per heavy atom. The second-order valence-corrected chi connectivity index (χ2v) is 8.96. The molecule has 6 nitrogen and oxygen atoms in total. The number of likely N-dealkylation sites (N-methyl/N-ethyl adjacent to an activating group) is 1. The number of likely N-dealkylation sites (tertiary alicyclic amines) is 1. The van der Waals surface area contributed by atoms with Crippen molar-refractivity contribution in [3.63, 3.8) is 0 Å². The maximum atomic E-state index is 13.5. The predicted octanol–water partition coefficient (Wildman–Crippen LogP) is 5.40. The van der Waals surface area contributed by atoms with Crippen molar-refractivity contribution < 1.29 is 22.7 Å². The molecule has 35 heavy (non-hydrogen) atoms. The number of amides is 1. The summed E-state index contributed by atoms with van der Waals surface area (Å²) in [5, 5.41) is 7.17. The SMILES string of the molecule is CN(C)CCOc1cccc(C(=O)N2CCCC[C@H]2c2[nH]ncc2-c2ccc(C(F)(F)F)cc2)c1. The van der Waals surface area contributed by atoms with Crippen LogP contribution in [0.4, 0.5) is 13.2 Å². The van der Waals surface area contributed by atoms with Gasteiger partial charge in [0.1, 0.15) is 12.4 Å². The highest BCUT2D eigenvalue weighted by molar-refractivity contribution is 5.95. The van der Waals surface area contributed by atoms with Crippen LogP contribution < -0.4 is 4.74 Å². The zero-order valence-corrected chi connectivity index (χ0v) is 19.8. The molecule has 1 saturated heterocycles. The predicted molar refractivity (Wildman–Crippen MR) is 127 cm³/mol. The van der Waals surface area contributed by atoms with Crippen molar-refractivity contribution in [2.45, 2.75) is 31.5 Å². The molecule has 4 rings (SSSR count). The van der Waals surface area contributed by atoms with Crippen molar-refractivity contribution in [1.82, 2.24) is 20.0 Å². The van der Waals surface area contributed by atoms with Gasteiger partial charge in [0.2, 0.25) is 0 Å². The van der Waals surface area contributed by atoms with Crippen molar-refractivity contribution >= 4 is 5.91 Å². The van der Waals surface area contributed by atoms with E-state index in [0.29, 0.717) is 35.6 Å². The molecule has 1 aliphatic heterocycles. The minimum atomic E-state index is -4.39. The van der Waals surface area contributed by atoms with Gasteiger partial charge in [0, 0.05) is 24.2 Å². The number of ether oxygens (including phenoxy) is 1. The molecule has 1 aromatic heterocycles. The molecule has 1 N–H and O–H groups in total. The van der Waals surface area contributed by atoms with Crippen molar-refractivity contribution in [2.75, 3.05) is 33.8 Å². The summed E-state index contributed by atoms with van der Waals surface area (Å²) < 4.78 is 44.8. The molecule has 0 spiro atoms. The highest BCUT2D eigenvalue weighted by Gasteiger charge is 2.33. The van der Waals surface area contributed by atoms with Gasteiger partial charge in [-0.15, -0.1) is 0 Å². The minimum absolute atomic E-state index is 0.110. The first-order valence-electron chi connectivity index (χ1n) is 11.6. The van der Waals surface area contributed by atoms with E-state index >= 15 is 0 Å². The van der Waals surface area contributed by atoms with E-state index in [1.807, 2.05) is 30.0 Å². The second kappa shape index (κ2) is 10.5. The number of piperidine rings is 1. The van der Waals surface area contributed by atoms with Crippen molar-refractivity contribution in [1.29, 1.82) is 0 Å². The first-order valence-corrected chi connectivity index (χ1v) is 11.6. The van der Waals surface area contributed by atoms with Crippen LogP contribution in [-0.2, 0) is 6.18 Å². The third kappa shape index (κ3) is 5.85. The number of alkyl halides is 3. The van der Waals surface area contributed by atoms with Crippen LogP contribution in [0.2, 0.25) is 0 Å². The molecule has 0 saturated carbocycles. The smallest absolute Gasteiger partial charge is 0.416 e. The Bertz CT molecular complexity index is 1140. The summed E-state index contributed by atoms with van der Waals surface area (Å²) >= 11 is 0. The molecule has 186 valence electrons. The minimum Gasteiger partial charge on any atom is -0.492 e. The molecule has 0 bridgehead atoms. The number of aromatic amines is 1. The third-order valence-electron chi connectivity index (χ3n) is 6.18. The summed E-state index contributed by atoms with van der Waals surface area (Å²) in [5.41, 5.74) is 1.89. The Kier molecular flexibility index (Phi) is 7.45. The van der Waals surface area contributed by atoms with Gasteiger partial charge < -0.3 is 14.5 Å². The average Bonchev–Trinajstić information content (AvgIpc) is 3.33. The standard InChI is InChI=1S/C26H29F3N4O2/c1-32(2)14-15-35-21-7-5-6-19(16-21)25(34)33-13-4-3-8-23(33)24-22(17-30-31-24)18-9-11-20(12-10-18)26(27,28)29/h5-7,9-12,16-17,23H,3-4,8,13-15H2,1-2H3,(H,30,31)/t23-/m0/s1. The quantitative estimate of drug-likeness (QED) is 0.486. The lowest BCUT2D eigenvalue weighted by Gasteiger charge is -2.36. The van der Waals surface area contributed by atoms with E-state index in [1.165, 1.54) is 12.1 Å². The summed E-state index contributed by atoms with van der Waals surface area (Å²) in [4.78, 5) is 17.4. The molecular formula is C26H29F3N4O2. The van der Waals surface area contributed by atoms with Crippen molar-refractivity contribution in [3.8, 4) is 16.9 Å². The van der Waals surface area contributed by atoms with Crippen LogP contribution in [-0.4, -0.2) is 59.7 Å². The molecule has 9 heteroatoms. The first kappa shape index (κ1) is 24.8. The fraction of sp³-hybridized carbons (Fsp3) is 0.385. The van der Waals surface area contributed by atoms with Gasteiger partial charge in [-0.1, -0.05) is 18.2 Å². The molecular weight excluding hydrogens is 457 g/mol. The monoisotopic (exact) mass is 486 g/mol. The summed E-state index contributed by atoms with van der Waals surface area (Å²) in [6.45, 7) is 1.86. The number of rotatable bonds is 7. The van der Waals surface area contributed by atoms with Gasteiger partial charge in [-0.25, -0.2) is 0 Å². The van der Waals surface area contributed by atoms with Gasteiger partial charge in [0.15, 0.2) is 0 Å².